The summed E-state index contributed by atoms with van der Waals surface area (Å²) < 4.78 is 1.73. The topological polar surface area (TPSA) is 34.9 Å². The standard InChI is InChI=1S/C13H14N2OS2/c1-15-7-9(6-14-15)4-11(16)13-5-10-8-17-3-2-12(10)18-13/h5-7H,2-4,8H2,1H3. The number of Topliss-reactive ketones (excluding diaryl/α,β-unsaturated/α-hetero) is 1. The van der Waals surface area contributed by atoms with Crippen molar-refractivity contribution in [2.75, 3.05) is 5.75 Å². The van der Waals surface area contributed by atoms with Gasteiger partial charge in [-0.05, 0) is 29.4 Å². The van der Waals surface area contributed by atoms with Crippen LogP contribution in [0, 0.1) is 0 Å². The summed E-state index contributed by atoms with van der Waals surface area (Å²) >= 11 is 3.63. The van der Waals surface area contributed by atoms with Gasteiger partial charge >= 0.3 is 0 Å². The first-order chi connectivity index (χ1) is 8.72. The van der Waals surface area contributed by atoms with Gasteiger partial charge in [0, 0.05) is 30.3 Å². The molecule has 3 heterocycles. The predicted octanol–water partition coefficient (Wildman–Crippen LogP) is 2.70. The van der Waals surface area contributed by atoms with Crippen LogP contribution in [-0.4, -0.2) is 21.3 Å². The number of fused-ring (bicyclic) bond motifs is 1. The van der Waals surface area contributed by atoms with E-state index in [1.165, 1.54) is 16.2 Å². The van der Waals surface area contributed by atoms with Crippen molar-refractivity contribution in [3.8, 4) is 0 Å². The molecule has 18 heavy (non-hydrogen) atoms. The van der Waals surface area contributed by atoms with Crippen LogP contribution >= 0.6 is 23.1 Å². The smallest absolute Gasteiger partial charge is 0.177 e. The number of aryl methyl sites for hydroxylation is 2. The summed E-state index contributed by atoms with van der Waals surface area (Å²) in [5.41, 5.74) is 2.36. The molecule has 0 amide bonds. The number of ketones is 1. The highest BCUT2D eigenvalue weighted by Crippen LogP contribution is 2.32. The first-order valence-corrected chi connectivity index (χ1v) is 7.89. The third kappa shape index (κ3) is 2.37. The summed E-state index contributed by atoms with van der Waals surface area (Å²) in [4.78, 5) is 14.5. The van der Waals surface area contributed by atoms with Gasteiger partial charge < -0.3 is 0 Å². The average molecular weight is 278 g/mol. The molecule has 0 spiro atoms. The van der Waals surface area contributed by atoms with Gasteiger partial charge in [0.2, 0.25) is 0 Å². The van der Waals surface area contributed by atoms with Crippen molar-refractivity contribution in [1.29, 1.82) is 0 Å². The minimum absolute atomic E-state index is 0.215. The predicted molar refractivity (Wildman–Crippen MR) is 75.4 cm³/mol. The van der Waals surface area contributed by atoms with E-state index in [2.05, 4.69) is 11.2 Å². The number of rotatable bonds is 3. The number of thioether (sulfide) groups is 1. The van der Waals surface area contributed by atoms with Crippen molar-refractivity contribution in [2.24, 2.45) is 7.05 Å². The zero-order valence-corrected chi connectivity index (χ0v) is 11.8. The Morgan fingerprint density at radius 1 is 1.56 bits per heavy atom. The number of aromatic nitrogens is 2. The lowest BCUT2D eigenvalue weighted by Crippen LogP contribution is -2.00. The fourth-order valence-electron chi connectivity index (χ4n) is 2.12. The minimum atomic E-state index is 0.215. The first-order valence-electron chi connectivity index (χ1n) is 5.92. The van der Waals surface area contributed by atoms with Crippen molar-refractivity contribution in [2.45, 2.75) is 18.6 Å². The molecule has 0 saturated heterocycles. The molecular formula is C13H14N2OS2. The zero-order chi connectivity index (χ0) is 12.5. The lowest BCUT2D eigenvalue weighted by Gasteiger charge is -2.08. The molecule has 0 aliphatic carbocycles. The van der Waals surface area contributed by atoms with Crippen LogP contribution in [0.4, 0.5) is 0 Å². The van der Waals surface area contributed by atoms with Crippen LogP contribution < -0.4 is 0 Å². The molecule has 1 aliphatic rings. The number of carbonyl (C=O) groups is 1. The largest absolute Gasteiger partial charge is 0.293 e. The molecule has 3 rings (SSSR count). The molecule has 5 heteroatoms. The molecule has 0 saturated carbocycles. The fraction of sp³-hybridized carbons (Fsp3) is 0.385. The number of hydrogen-bond acceptors (Lipinski definition) is 4. The van der Waals surface area contributed by atoms with E-state index in [9.17, 15) is 4.79 Å². The highest BCUT2D eigenvalue weighted by molar-refractivity contribution is 7.98. The van der Waals surface area contributed by atoms with Crippen LogP contribution in [0.2, 0.25) is 0 Å². The molecular weight excluding hydrogens is 264 g/mol. The average Bonchev–Trinajstić information content (AvgIpc) is 2.95. The molecule has 3 nitrogen and oxygen atoms in total. The molecule has 0 atom stereocenters. The van der Waals surface area contributed by atoms with Gasteiger partial charge in [-0.2, -0.15) is 16.9 Å². The molecule has 2 aromatic rings. The number of thiophene rings is 1. The number of nitrogens with zero attached hydrogens (tertiary/aromatic N) is 2. The Morgan fingerprint density at radius 2 is 2.44 bits per heavy atom. The van der Waals surface area contributed by atoms with Gasteiger partial charge in [0.15, 0.2) is 5.78 Å². The van der Waals surface area contributed by atoms with E-state index in [-0.39, 0.29) is 5.78 Å². The summed E-state index contributed by atoms with van der Waals surface area (Å²) in [6.07, 6.45) is 5.24. The summed E-state index contributed by atoms with van der Waals surface area (Å²) in [5.74, 6) is 2.46. The van der Waals surface area contributed by atoms with Crippen LogP contribution in [0.3, 0.4) is 0 Å². The van der Waals surface area contributed by atoms with Gasteiger partial charge in [-0.15, -0.1) is 11.3 Å². The summed E-state index contributed by atoms with van der Waals surface area (Å²) in [6.45, 7) is 0. The molecule has 0 fully saturated rings. The van der Waals surface area contributed by atoms with Gasteiger partial charge in [-0.3, -0.25) is 9.48 Å². The van der Waals surface area contributed by atoms with Gasteiger partial charge in [0.1, 0.15) is 0 Å². The molecule has 0 bridgehead atoms. The summed E-state index contributed by atoms with van der Waals surface area (Å²) in [5, 5.41) is 4.09. The Labute approximate surface area is 114 Å². The molecule has 0 radical (unpaired) electrons. The lowest BCUT2D eigenvalue weighted by molar-refractivity contribution is 0.0997. The van der Waals surface area contributed by atoms with E-state index in [4.69, 9.17) is 0 Å². The number of hydrogen-bond donors (Lipinski definition) is 0. The van der Waals surface area contributed by atoms with Gasteiger partial charge in [-0.1, -0.05) is 0 Å². The molecule has 1 aliphatic heterocycles. The van der Waals surface area contributed by atoms with Crippen LogP contribution in [0.5, 0.6) is 0 Å². The van der Waals surface area contributed by atoms with Crippen molar-refractivity contribution in [1.82, 2.24) is 9.78 Å². The second-order valence-electron chi connectivity index (χ2n) is 4.48. The Kier molecular flexibility index (Phi) is 3.26. The van der Waals surface area contributed by atoms with Crippen molar-refractivity contribution in [3.05, 3.63) is 39.3 Å². The Hall–Kier alpha value is -1.07. The van der Waals surface area contributed by atoms with E-state index in [0.717, 1.165) is 22.6 Å². The maximum atomic E-state index is 12.2. The molecule has 0 N–H and O–H groups in total. The molecule has 0 unspecified atom stereocenters. The first kappa shape index (κ1) is 12.0. The minimum Gasteiger partial charge on any atom is -0.293 e. The highest BCUT2D eigenvalue weighted by Gasteiger charge is 2.17. The second kappa shape index (κ2) is 4.90. The second-order valence-corrected chi connectivity index (χ2v) is 6.73. The van der Waals surface area contributed by atoms with Gasteiger partial charge in [0.25, 0.3) is 0 Å². The lowest BCUT2D eigenvalue weighted by atomic mass is 10.1. The van der Waals surface area contributed by atoms with E-state index in [1.54, 1.807) is 22.2 Å². The van der Waals surface area contributed by atoms with E-state index in [0.29, 0.717) is 6.42 Å². The normalized spacial score (nSPS) is 14.5. The Morgan fingerprint density at radius 3 is 3.17 bits per heavy atom. The summed E-state index contributed by atoms with van der Waals surface area (Å²) in [6, 6.07) is 2.09. The maximum Gasteiger partial charge on any atom is 0.177 e. The van der Waals surface area contributed by atoms with Crippen LogP contribution in [0.25, 0.3) is 0 Å². The monoisotopic (exact) mass is 278 g/mol. The van der Waals surface area contributed by atoms with Gasteiger partial charge in [-0.25, -0.2) is 0 Å². The van der Waals surface area contributed by atoms with Crippen molar-refractivity contribution >= 4 is 28.9 Å². The molecule has 94 valence electrons. The fourth-order valence-corrected chi connectivity index (χ4v) is 4.43. The van der Waals surface area contributed by atoms with E-state index >= 15 is 0 Å². The quantitative estimate of drug-likeness (QED) is 0.810. The van der Waals surface area contributed by atoms with E-state index in [1.807, 2.05) is 25.0 Å². The van der Waals surface area contributed by atoms with Crippen molar-refractivity contribution < 1.29 is 4.79 Å². The van der Waals surface area contributed by atoms with Crippen molar-refractivity contribution in [3.63, 3.8) is 0 Å². The Balaban J connectivity index is 1.78. The van der Waals surface area contributed by atoms with Crippen LogP contribution in [0.15, 0.2) is 18.5 Å². The SMILES string of the molecule is Cn1cc(CC(=O)c2cc3c(s2)CCSC3)cn1. The molecule has 0 aromatic carbocycles. The van der Waals surface area contributed by atoms with Crippen LogP contribution in [-0.2, 0) is 25.6 Å². The third-order valence-corrected chi connectivity index (χ3v) is 5.31. The Bertz CT molecular complexity index is 562. The van der Waals surface area contributed by atoms with Gasteiger partial charge in [0.05, 0.1) is 11.1 Å². The number of carbonyl (C=O) groups excluding carboxylic acids is 1. The third-order valence-electron chi connectivity index (χ3n) is 3.03. The summed E-state index contributed by atoms with van der Waals surface area (Å²) in [7, 11) is 1.87. The van der Waals surface area contributed by atoms with E-state index < -0.39 is 0 Å². The zero-order valence-electron chi connectivity index (χ0n) is 10.2. The maximum absolute atomic E-state index is 12.2. The van der Waals surface area contributed by atoms with Crippen LogP contribution in [0.1, 0.15) is 25.7 Å². The highest BCUT2D eigenvalue weighted by atomic mass is 32.2. The molecule has 2 aromatic heterocycles.